The molecule has 0 aliphatic rings. The molecule has 0 amide bonds. The van der Waals surface area contributed by atoms with Gasteiger partial charge in [0.2, 0.25) is 0 Å². The minimum absolute atomic E-state index is 0.00996. The topological polar surface area (TPSA) is 38.3 Å². The van der Waals surface area contributed by atoms with Gasteiger partial charge in [0, 0.05) is 25.1 Å². The second-order valence-electron chi connectivity index (χ2n) is 5.44. The molecule has 0 aliphatic carbocycles. The molecule has 0 bridgehead atoms. The summed E-state index contributed by atoms with van der Waals surface area (Å²) in [6.45, 7) is 1.56. The number of ether oxygens (including phenoxy) is 1. The Morgan fingerprint density at radius 1 is 1.20 bits per heavy atom. The van der Waals surface area contributed by atoms with Crippen molar-refractivity contribution in [3.63, 3.8) is 0 Å². The Morgan fingerprint density at radius 2 is 1.80 bits per heavy atom. The lowest BCUT2D eigenvalue weighted by atomic mass is 9.91. The lowest BCUT2D eigenvalue weighted by molar-refractivity contribution is -0.146. The minimum Gasteiger partial charge on any atom is -0.461 e. The van der Waals surface area contributed by atoms with Crippen LogP contribution in [-0.2, 0) is 22.3 Å². The smallest absolute Gasteiger partial charge is 0.417 e. The Hall–Kier alpha value is -2.57. The van der Waals surface area contributed by atoms with Crippen LogP contribution in [0.25, 0.3) is 11.1 Å². The summed E-state index contributed by atoms with van der Waals surface area (Å²) in [5.74, 6) is -1.69. The Balaban J connectivity index is 2.85. The Kier molecular flexibility index (Phi) is 5.35. The molecule has 0 atom stereocenters. The average molecular weight is 355 g/mol. The largest absolute Gasteiger partial charge is 0.461 e. The molecule has 0 fully saturated rings. The number of esters is 1. The molecule has 0 unspecified atom stereocenters. The number of carbonyl (C=O) groups is 1. The lowest BCUT2D eigenvalue weighted by Gasteiger charge is -2.23. The van der Waals surface area contributed by atoms with Crippen molar-refractivity contribution in [3.8, 4) is 11.1 Å². The molecular formula is C18H17F4NO2. The number of hydrogen-bond acceptors (Lipinski definition) is 3. The molecule has 0 spiro atoms. The van der Waals surface area contributed by atoms with Crippen molar-refractivity contribution in [2.24, 2.45) is 0 Å². The fraction of sp³-hybridized carbons (Fsp3) is 0.278. The molecular weight excluding hydrogens is 338 g/mol. The van der Waals surface area contributed by atoms with Crippen LogP contribution in [0, 0.1) is 12.7 Å². The fourth-order valence-corrected chi connectivity index (χ4v) is 2.76. The quantitative estimate of drug-likeness (QED) is 0.625. The maximum atomic E-state index is 14.9. The van der Waals surface area contributed by atoms with Gasteiger partial charge in [-0.05, 0) is 18.1 Å². The number of rotatable bonds is 4. The summed E-state index contributed by atoms with van der Waals surface area (Å²) in [5, 5.41) is 2.64. The lowest BCUT2D eigenvalue weighted by Crippen LogP contribution is -2.18. The van der Waals surface area contributed by atoms with E-state index in [0.29, 0.717) is 5.56 Å². The summed E-state index contributed by atoms with van der Waals surface area (Å²) in [7, 11) is 1.40. The van der Waals surface area contributed by atoms with E-state index in [1.807, 2.05) is 0 Å². The summed E-state index contributed by atoms with van der Waals surface area (Å²) in [4.78, 5) is 11.1. The van der Waals surface area contributed by atoms with Gasteiger partial charge in [-0.1, -0.05) is 30.3 Å². The van der Waals surface area contributed by atoms with Crippen LogP contribution in [0.3, 0.4) is 0 Å². The molecule has 25 heavy (non-hydrogen) atoms. The number of benzene rings is 2. The Bertz CT molecular complexity index is 786. The standard InChI is InChI=1S/C18H17F4NO2/c1-10-15(18(20,21)22)13(9-25-11(2)24)17(23-3)14(16(10)19)12-7-5-4-6-8-12/h4-8,23H,9H2,1-3H3. The van der Waals surface area contributed by atoms with E-state index in [1.165, 1.54) is 7.05 Å². The third-order valence-electron chi connectivity index (χ3n) is 3.79. The summed E-state index contributed by atoms with van der Waals surface area (Å²) < 4.78 is 60.2. The molecule has 3 nitrogen and oxygen atoms in total. The van der Waals surface area contributed by atoms with Crippen LogP contribution in [0.15, 0.2) is 30.3 Å². The molecule has 7 heteroatoms. The molecule has 2 aromatic carbocycles. The highest BCUT2D eigenvalue weighted by Crippen LogP contribution is 2.44. The predicted octanol–water partition coefficient (Wildman–Crippen LogP) is 4.92. The van der Waals surface area contributed by atoms with Crippen molar-refractivity contribution in [1.29, 1.82) is 0 Å². The molecule has 2 aromatic rings. The molecule has 0 radical (unpaired) electrons. The molecule has 0 aromatic heterocycles. The molecule has 0 saturated heterocycles. The van der Waals surface area contributed by atoms with E-state index in [-0.39, 0.29) is 16.8 Å². The zero-order valence-electron chi connectivity index (χ0n) is 13.9. The van der Waals surface area contributed by atoms with Gasteiger partial charge in [0.1, 0.15) is 12.4 Å². The number of anilines is 1. The number of alkyl halides is 3. The fourth-order valence-electron chi connectivity index (χ4n) is 2.76. The first-order valence-corrected chi connectivity index (χ1v) is 7.47. The molecule has 1 N–H and O–H groups in total. The van der Waals surface area contributed by atoms with E-state index in [1.54, 1.807) is 30.3 Å². The monoisotopic (exact) mass is 355 g/mol. The third-order valence-corrected chi connectivity index (χ3v) is 3.79. The highest BCUT2D eigenvalue weighted by atomic mass is 19.4. The number of nitrogens with one attached hydrogen (secondary N) is 1. The van der Waals surface area contributed by atoms with Crippen molar-refractivity contribution >= 4 is 11.7 Å². The number of hydrogen-bond donors (Lipinski definition) is 1. The molecule has 134 valence electrons. The minimum atomic E-state index is -4.79. The van der Waals surface area contributed by atoms with Crippen molar-refractivity contribution in [2.75, 3.05) is 12.4 Å². The third kappa shape index (κ3) is 3.75. The average Bonchev–Trinajstić information content (AvgIpc) is 2.54. The Morgan fingerprint density at radius 3 is 2.28 bits per heavy atom. The van der Waals surface area contributed by atoms with Gasteiger partial charge in [-0.2, -0.15) is 13.2 Å². The van der Waals surface area contributed by atoms with Crippen molar-refractivity contribution < 1.29 is 27.1 Å². The van der Waals surface area contributed by atoms with Gasteiger partial charge in [-0.15, -0.1) is 0 Å². The highest BCUT2D eigenvalue weighted by molar-refractivity contribution is 5.83. The molecule has 0 aliphatic heterocycles. The number of carbonyl (C=O) groups excluding carboxylic acids is 1. The van der Waals surface area contributed by atoms with Crippen LogP contribution in [0.2, 0.25) is 0 Å². The van der Waals surface area contributed by atoms with Crippen LogP contribution in [0.4, 0.5) is 23.2 Å². The molecule has 0 saturated carbocycles. The van der Waals surface area contributed by atoms with E-state index in [2.05, 4.69) is 5.32 Å². The normalized spacial score (nSPS) is 11.3. The van der Waals surface area contributed by atoms with Crippen LogP contribution >= 0.6 is 0 Å². The highest BCUT2D eigenvalue weighted by Gasteiger charge is 2.39. The van der Waals surface area contributed by atoms with Crippen molar-refractivity contribution in [2.45, 2.75) is 26.6 Å². The SMILES string of the molecule is CNc1c(COC(C)=O)c(C(F)(F)F)c(C)c(F)c1-c1ccccc1. The van der Waals surface area contributed by atoms with E-state index in [4.69, 9.17) is 4.74 Å². The van der Waals surface area contributed by atoms with Gasteiger partial charge < -0.3 is 10.1 Å². The zero-order chi connectivity index (χ0) is 18.8. The summed E-state index contributed by atoms with van der Waals surface area (Å²) in [6.07, 6.45) is -4.79. The molecule has 2 rings (SSSR count). The molecule has 0 heterocycles. The van der Waals surface area contributed by atoms with Gasteiger partial charge in [0.15, 0.2) is 0 Å². The predicted molar refractivity (Wildman–Crippen MR) is 86.6 cm³/mol. The van der Waals surface area contributed by atoms with E-state index in [9.17, 15) is 22.4 Å². The first-order chi connectivity index (χ1) is 11.7. The summed E-state index contributed by atoms with van der Waals surface area (Å²) in [5.41, 5.74) is -1.59. The second kappa shape index (κ2) is 7.13. The van der Waals surface area contributed by atoms with E-state index < -0.39 is 35.7 Å². The van der Waals surface area contributed by atoms with Crippen molar-refractivity contribution in [1.82, 2.24) is 0 Å². The van der Waals surface area contributed by atoms with Crippen molar-refractivity contribution in [3.05, 3.63) is 52.8 Å². The van der Waals surface area contributed by atoms with Gasteiger partial charge in [0.25, 0.3) is 0 Å². The number of halogens is 4. The second-order valence-corrected chi connectivity index (χ2v) is 5.44. The van der Waals surface area contributed by atoms with E-state index >= 15 is 0 Å². The summed E-state index contributed by atoms with van der Waals surface area (Å²) >= 11 is 0. The first-order valence-electron chi connectivity index (χ1n) is 7.47. The maximum Gasteiger partial charge on any atom is 0.417 e. The van der Waals surface area contributed by atoms with Gasteiger partial charge in [-0.25, -0.2) is 4.39 Å². The zero-order valence-corrected chi connectivity index (χ0v) is 13.9. The maximum absolute atomic E-state index is 14.9. The van der Waals surface area contributed by atoms with Crippen LogP contribution < -0.4 is 5.32 Å². The first kappa shape index (κ1) is 18.8. The van der Waals surface area contributed by atoms with Crippen LogP contribution in [0.5, 0.6) is 0 Å². The summed E-state index contributed by atoms with van der Waals surface area (Å²) in [6, 6.07) is 8.24. The van der Waals surface area contributed by atoms with Gasteiger partial charge >= 0.3 is 12.1 Å². The Labute approximate surface area is 142 Å². The van der Waals surface area contributed by atoms with Crippen LogP contribution in [-0.4, -0.2) is 13.0 Å². The van der Waals surface area contributed by atoms with Gasteiger partial charge in [-0.3, -0.25) is 4.79 Å². The van der Waals surface area contributed by atoms with Crippen LogP contribution in [0.1, 0.15) is 23.6 Å². The van der Waals surface area contributed by atoms with E-state index in [0.717, 1.165) is 13.8 Å². The van der Waals surface area contributed by atoms with Gasteiger partial charge in [0.05, 0.1) is 11.3 Å².